The minimum atomic E-state index is -0.344. The Labute approximate surface area is 146 Å². The van der Waals surface area contributed by atoms with Crippen LogP contribution in [0, 0.1) is 5.82 Å². The maximum Gasteiger partial charge on any atom is 0.316 e. The number of rotatable bonds is 5. The van der Waals surface area contributed by atoms with E-state index in [0.29, 0.717) is 31.3 Å². The Kier molecular flexibility index (Phi) is 5.24. The number of halogens is 2. The fourth-order valence-electron chi connectivity index (χ4n) is 2.33. The first-order chi connectivity index (χ1) is 11.6. The van der Waals surface area contributed by atoms with Crippen LogP contribution in [0.1, 0.15) is 6.42 Å². The summed E-state index contributed by atoms with van der Waals surface area (Å²) in [4.78, 5) is 21.9. The van der Waals surface area contributed by atoms with Gasteiger partial charge in [0.15, 0.2) is 6.61 Å². The largest absolute Gasteiger partial charge is 0.484 e. The molecule has 0 aliphatic carbocycles. The highest BCUT2D eigenvalue weighted by molar-refractivity contribution is 9.10. The summed E-state index contributed by atoms with van der Waals surface area (Å²) in [5, 5.41) is 0. The van der Waals surface area contributed by atoms with E-state index in [1.807, 2.05) is 0 Å². The highest BCUT2D eigenvalue weighted by atomic mass is 79.9. The molecular formula is C16H15BrFN3O3. The third-order valence-electron chi connectivity index (χ3n) is 3.54. The second kappa shape index (κ2) is 7.57. The van der Waals surface area contributed by atoms with E-state index in [2.05, 4.69) is 25.9 Å². The van der Waals surface area contributed by atoms with Gasteiger partial charge in [0.1, 0.15) is 17.7 Å². The average Bonchev–Trinajstić information content (AvgIpc) is 3.05. The molecular weight excluding hydrogens is 381 g/mol. The third-order valence-corrected chi connectivity index (χ3v) is 3.95. The number of benzene rings is 1. The Hall–Kier alpha value is -2.22. The first-order valence-electron chi connectivity index (χ1n) is 7.40. The molecule has 1 amide bonds. The molecule has 0 radical (unpaired) electrons. The number of amides is 1. The van der Waals surface area contributed by atoms with E-state index >= 15 is 0 Å². The number of hydrogen-bond acceptors (Lipinski definition) is 5. The van der Waals surface area contributed by atoms with Gasteiger partial charge in [-0.1, -0.05) is 0 Å². The maximum atomic E-state index is 12.8. The van der Waals surface area contributed by atoms with Gasteiger partial charge in [0.25, 0.3) is 5.91 Å². The van der Waals surface area contributed by atoms with Gasteiger partial charge in [-0.25, -0.2) is 14.4 Å². The monoisotopic (exact) mass is 395 g/mol. The summed E-state index contributed by atoms with van der Waals surface area (Å²) in [5.41, 5.74) is 0. The van der Waals surface area contributed by atoms with Gasteiger partial charge in [-0.2, -0.15) is 0 Å². The Balaban J connectivity index is 1.46. The number of hydrogen-bond donors (Lipinski definition) is 0. The maximum absolute atomic E-state index is 12.8. The lowest BCUT2D eigenvalue weighted by Crippen LogP contribution is -2.34. The molecule has 2 aromatic rings. The lowest BCUT2D eigenvalue weighted by atomic mass is 10.3. The van der Waals surface area contributed by atoms with Crippen LogP contribution in [0.25, 0.3) is 0 Å². The third kappa shape index (κ3) is 4.41. The Morgan fingerprint density at radius 2 is 2.00 bits per heavy atom. The van der Waals surface area contributed by atoms with Crippen molar-refractivity contribution in [3.8, 4) is 11.8 Å². The molecule has 1 aromatic carbocycles. The van der Waals surface area contributed by atoms with Crippen molar-refractivity contribution >= 4 is 21.8 Å². The summed E-state index contributed by atoms with van der Waals surface area (Å²) < 4.78 is 24.6. The van der Waals surface area contributed by atoms with Crippen LogP contribution in [0.5, 0.6) is 11.8 Å². The molecule has 0 N–H and O–H groups in total. The molecule has 8 heteroatoms. The van der Waals surface area contributed by atoms with Crippen molar-refractivity contribution in [3.63, 3.8) is 0 Å². The van der Waals surface area contributed by atoms with Crippen LogP contribution in [0.2, 0.25) is 0 Å². The molecule has 6 nitrogen and oxygen atoms in total. The lowest BCUT2D eigenvalue weighted by molar-refractivity contribution is -0.132. The van der Waals surface area contributed by atoms with Crippen molar-refractivity contribution in [1.82, 2.24) is 14.9 Å². The molecule has 1 atom stereocenters. The van der Waals surface area contributed by atoms with E-state index in [9.17, 15) is 9.18 Å². The number of nitrogens with zero attached hydrogens (tertiary/aromatic N) is 3. The molecule has 126 valence electrons. The quantitative estimate of drug-likeness (QED) is 0.777. The normalized spacial score (nSPS) is 16.9. The summed E-state index contributed by atoms with van der Waals surface area (Å²) in [5.74, 6) is -0.0227. The van der Waals surface area contributed by atoms with Crippen LogP contribution in [0.3, 0.4) is 0 Å². The zero-order valence-corrected chi connectivity index (χ0v) is 14.3. The van der Waals surface area contributed by atoms with Gasteiger partial charge in [-0.15, -0.1) is 0 Å². The Bertz CT molecular complexity index is 697. The Morgan fingerprint density at radius 3 is 2.71 bits per heavy atom. The minimum Gasteiger partial charge on any atom is -0.484 e. The van der Waals surface area contributed by atoms with E-state index in [-0.39, 0.29) is 24.4 Å². The van der Waals surface area contributed by atoms with Gasteiger partial charge >= 0.3 is 6.01 Å². The molecule has 1 fully saturated rings. The predicted octanol–water partition coefficient (Wildman–Crippen LogP) is 2.44. The molecule has 1 aromatic heterocycles. The van der Waals surface area contributed by atoms with Crippen LogP contribution in [-0.2, 0) is 4.79 Å². The average molecular weight is 396 g/mol. The summed E-state index contributed by atoms with van der Waals surface area (Å²) in [6.07, 6.45) is 3.79. The fraction of sp³-hybridized carbons (Fsp3) is 0.312. The van der Waals surface area contributed by atoms with E-state index < -0.39 is 0 Å². The smallest absolute Gasteiger partial charge is 0.316 e. The van der Waals surface area contributed by atoms with Crippen molar-refractivity contribution in [2.45, 2.75) is 12.5 Å². The molecule has 3 rings (SSSR count). The first-order valence-corrected chi connectivity index (χ1v) is 8.20. The summed E-state index contributed by atoms with van der Waals surface area (Å²) >= 11 is 3.26. The highest BCUT2D eigenvalue weighted by Crippen LogP contribution is 2.17. The van der Waals surface area contributed by atoms with Crippen molar-refractivity contribution < 1.29 is 18.7 Å². The second-order valence-electron chi connectivity index (χ2n) is 5.29. The molecule has 1 unspecified atom stereocenters. The summed E-state index contributed by atoms with van der Waals surface area (Å²) in [6.45, 7) is 0.963. The molecule has 0 saturated carbocycles. The van der Waals surface area contributed by atoms with Crippen molar-refractivity contribution in [2.75, 3.05) is 19.7 Å². The van der Waals surface area contributed by atoms with Crippen molar-refractivity contribution in [3.05, 3.63) is 46.9 Å². The molecule has 24 heavy (non-hydrogen) atoms. The van der Waals surface area contributed by atoms with Crippen molar-refractivity contribution in [1.29, 1.82) is 0 Å². The van der Waals surface area contributed by atoms with Crippen LogP contribution in [0.4, 0.5) is 4.39 Å². The molecule has 1 aliphatic heterocycles. The SMILES string of the molecule is O=C(COc1ccc(F)cc1)N1CCC(Oc2ncc(Br)cn2)C1. The number of aromatic nitrogens is 2. The van der Waals surface area contributed by atoms with Gasteiger partial charge in [-0.3, -0.25) is 4.79 Å². The number of carbonyl (C=O) groups is 1. The number of carbonyl (C=O) groups excluding carboxylic acids is 1. The minimum absolute atomic E-state index is 0.0901. The topological polar surface area (TPSA) is 64.5 Å². The summed E-state index contributed by atoms with van der Waals surface area (Å²) in [6, 6.07) is 5.85. The van der Waals surface area contributed by atoms with Crippen LogP contribution < -0.4 is 9.47 Å². The molecule has 2 heterocycles. The van der Waals surface area contributed by atoms with E-state index in [0.717, 1.165) is 4.47 Å². The summed E-state index contributed by atoms with van der Waals surface area (Å²) in [7, 11) is 0. The molecule has 0 bridgehead atoms. The van der Waals surface area contributed by atoms with Gasteiger partial charge < -0.3 is 14.4 Å². The zero-order chi connectivity index (χ0) is 16.9. The molecule has 1 saturated heterocycles. The molecule has 0 spiro atoms. The lowest BCUT2D eigenvalue weighted by Gasteiger charge is -2.17. The van der Waals surface area contributed by atoms with E-state index in [1.165, 1.54) is 24.3 Å². The standard InChI is InChI=1S/C16H15BrFN3O3/c17-11-7-19-16(20-8-11)24-14-5-6-21(9-14)15(22)10-23-13-3-1-12(18)2-4-13/h1-4,7-8,14H,5-6,9-10H2. The predicted molar refractivity (Wildman–Crippen MR) is 87.2 cm³/mol. The highest BCUT2D eigenvalue weighted by Gasteiger charge is 2.28. The zero-order valence-electron chi connectivity index (χ0n) is 12.7. The van der Waals surface area contributed by atoms with E-state index in [4.69, 9.17) is 9.47 Å². The van der Waals surface area contributed by atoms with Gasteiger partial charge in [0, 0.05) is 25.4 Å². The number of likely N-dealkylation sites (tertiary alicyclic amines) is 1. The first kappa shape index (κ1) is 16.6. The van der Waals surface area contributed by atoms with E-state index in [1.54, 1.807) is 17.3 Å². The van der Waals surface area contributed by atoms with Crippen molar-refractivity contribution in [2.24, 2.45) is 0 Å². The second-order valence-corrected chi connectivity index (χ2v) is 6.21. The van der Waals surface area contributed by atoms with Gasteiger partial charge in [0.2, 0.25) is 0 Å². The van der Waals surface area contributed by atoms with Crippen LogP contribution in [-0.4, -0.2) is 46.6 Å². The number of ether oxygens (including phenoxy) is 2. The van der Waals surface area contributed by atoms with Crippen LogP contribution in [0.15, 0.2) is 41.1 Å². The van der Waals surface area contributed by atoms with Gasteiger partial charge in [-0.05, 0) is 40.2 Å². The van der Waals surface area contributed by atoms with Crippen LogP contribution >= 0.6 is 15.9 Å². The van der Waals surface area contributed by atoms with Gasteiger partial charge in [0.05, 0.1) is 11.0 Å². The molecule has 1 aliphatic rings. The Morgan fingerprint density at radius 1 is 1.29 bits per heavy atom. The fourth-order valence-corrected chi connectivity index (χ4v) is 2.53.